The third kappa shape index (κ3) is 6.56. The monoisotopic (exact) mass is 603 g/mol. The van der Waals surface area contributed by atoms with E-state index < -0.39 is 0 Å². The van der Waals surface area contributed by atoms with Crippen LogP contribution >= 0.6 is 50.6 Å². The Hall–Kier alpha value is -2.66. The van der Waals surface area contributed by atoms with Gasteiger partial charge in [-0.05, 0) is 49.7 Å². The van der Waals surface area contributed by atoms with Crippen LogP contribution in [-0.4, -0.2) is 31.4 Å². The predicted octanol–water partition coefficient (Wildman–Crippen LogP) is 7.18. The number of nitrogens with zero attached hydrogens (tertiary/aromatic N) is 4. The maximum Gasteiger partial charge on any atom is 0.236 e. The summed E-state index contributed by atoms with van der Waals surface area (Å²) in [5.74, 6) is 1.35. The lowest BCUT2D eigenvalue weighted by Gasteiger charge is -2.17. The van der Waals surface area contributed by atoms with Crippen molar-refractivity contribution in [3.63, 3.8) is 0 Å². The van der Waals surface area contributed by atoms with Crippen LogP contribution in [0.25, 0.3) is 11.3 Å². The maximum atomic E-state index is 12.6. The number of thioether (sulfide) groups is 1. The topological polar surface area (TPSA) is 81.9 Å². The molecule has 1 amide bonds. The number of anilines is 1. The first-order valence-corrected chi connectivity index (χ1v) is 14.0. The smallest absolute Gasteiger partial charge is 0.236 e. The van der Waals surface area contributed by atoms with Gasteiger partial charge in [-0.2, -0.15) is 0 Å². The van der Waals surface area contributed by atoms with Crippen molar-refractivity contribution in [2.45, 2.75) is 31.7 Å². The average molecular weight is 605 g/mol. The summed E-state index contributed by atoms with van der Waals surface area (Å²) in [5, 5.41) is 15.2. The Labute approximate surface area is 231 Å². The van der Waals surface area contributed by atoms with Crippen molar-refractivity contribution in [1.29, 1.82) is 0 Å². The number of hydrogen-bond acceptors (Lipinski definition) is 7. The number of aryl methyl sites for hydroxylation is 1. The minimum absolute atomic E-state index is 0.161. The summed E-state index contributed by atoms with van der Waals surface area (Å²) < 4.78 is 9.02. The third-order valence-corrected chi connectivity index (χ3v) is 7.57. The number of carbonyl (C=O) groups is 1. The van der Waals surface area contributed by atoms with Gasteiger partial charge in [0, 0.05) is 27.0 Å². The second kappa shape index (κ2) is 12.1. The number of carbonyl (C=O) groups excluding carboxylic acids is 1. The van der Waals surface area contributed by atoms with Crippen molar-refractivity contribution in [2.75, 3.05) is 11.1 Å². The normalized spacial score (nSPS) is 11.8. The van der Waals surface area contributed by atoms with E-state index in [4.69, 9.17) is 16.3 Å². The number of hydrogen-bond donors (Lipinski definition) is 1. The third-order valence-electron chi connectivity index (χ3n) is 5.08. The summed E-state index contributed by atoms with van der Waals surface area (Å²) in [6.07, 6.45) is 1.39. The van der Waals surface area contributed by atoms with Crippen LogP contribution in [0.5, 0.6) is 5.75 Å². The highest BCUT2D eigenvalue weighted by atomic mass is 79.9. The summed E-state index contributed by atoms with van der Waals surface area (Å²) in [7, 11) is 0. The Kier molecular flexibility index (Phi) is 8.84. The predicted molar refractivity (Wildman–Crippen MR) is 150 cm³/mol. The molecule has 0 saturated heterocycles. The van der Waals surface area contributed by atoms with Gasteiger partial charge < -0.3 is 10.1 Å². The number of ether oxygens (including phenoxy) is 1. The first kappa shape index (κ1) is 26.4. The molecule has 0 aliphatic rings. The first-order chi connectivity index (χ1) is 17.3. The van der Waals surface area contributed by atoms with E-state index in [0.717, 1.165) is 27.0 Å². The molecule has 1 atom stereocenters. The molecule has 1 unspecified atom stereocenters. The van der Waals surface area contributed by atoms with Gasteiger partial charge in [-0.15, -0.1) is 28.1 Å². The van der Waals surface area contributed by atoms with E-state index >= 15 is 0 Å². The lowest BCUT2D eigenvalue weighted by molar-refractivity contribution is -0.113. The highest BCUT2D eigenvalue weighted by Crippen LogP contribution is 2.29. The second-order valence-electron chi connectivity index (χ2n) is 7.79. The molecule has 0 saturated carbocycles. The van der Waals surface area contributed by atoms with Crippen LogP contribution in [0.15, 0.2) is 70.1 Å². The number of thiazole rings is 1. The molecule has 11 heteroatoms. The number of halogens is 2. The van der Waals surface area contributed by atoms with Gasteiger partial charge in [0.05, 0.1) is 11.4 Å². The molecule has 7 nitrogen and oxygen atoms in total. The molecule has 36 heavy (non-hydrogen) atoms. The Morgan fingerprint density at radius 1 is 1.31 bits per heavy atom. The fourth-order valence-electron chi connectivity index (χ4n) is 3.37. The lowest BCUT2D eigenvalue weighted by Crippen LogP contribution is -2.15. The van der Waals surface area contributed by atoms with E-state index in [0.29, 0.717) is 27.7 Å². The van der Waals surface area contributed by atoms with Gasteiger partial charge >= 0.3 is 0 Å². The molecule has 1 N–H and O–H groups in total. The Bertz CT molecular complexity index is 1370. The highest BCUT2D eigenvalue weighted by molar-refractivity contribution is 9.10. The van der Waals surface area contributed by atoms with E-state index in [1.165, 1.54) is 23.1 Å². The molecule has 0 radical (unpaired) electrons. The minimum Gasteiger partial charge on any atom is -0.482 e. The number of nitrogens with one attached hydrogen (secondary N) is 1. The van der Waals surface area contributed by atoms with Gasteiger partial charge in [0.2, 0.25) is 5.91 Å². The average Bonchev–Trinajstić information content (AvgIpc) is 3.47. The number of amides is 1. The van der Waals surface area contributed by atoms with Gasteiger partial charge in [0.25, 0.3) is 0 Å². The quantitative estimate of drug-likeness (QED) is 0.153. The van der Waals surface area contributed by atoms with E-state index in [-0.39, 0.29) is 17.8 Å². The molecule has 0 spiro atoms. The van der Waals surface area contributed by atoms with Gasteiger partial charge in [-0.3, -0.25) is 9.36 Å². The summed E-state index contributed by atoms with van der Waals surface area (Å²) >= 11 is 12.2. The molecule has 2 aromatic carbocycles. The molecule has 0 bridgehead atoms. The van der Waals surface area contributed by atoms with Gasteiger partial charge in [-0.25, -0.2) is 4.98 Å². The van der Waals surface area contributed by atoms with Crippen LogP contribution in [0.1, 0.15) is 24.4 Å². The molecule has 0 aliphatic heterocycles. The zero-order valence-corrected chi connectivity index (χ0v) is 23.5. The molecule has 4 aromatic rings. The van der Waals surface area contributed by atoms with Gasteiger partial charge in [0.1, 0.15) is 5.75 Å². The van der Waals surface area contributed by atoms with Crippen LogP contribution in [-0.2, 0) is 11.3 Å². The van der Waals surface area contributed by atoms with Crippen LogP contribution in [0, 0.1) is 6.92 Å². The molecular weight excluding hydrogens is 582 g/mol. The maximum absolute atomic E-state index is 12.6. The Balaban J connectivity index is 1.39. The highest BCUT2D eigenvalue weighted by Gasteiger charge is 2.20. The van der Waals surface area contributed by atoms with Crippen molar-refractivity contribution in [2.24, 2.45) is 0 Å². The first-order valence-electron chi connectivity index (χ1n) is 10.9. The molecule has 0 aliphatic carbocycles. The van der Waals surface area contributed by atoms with E-state index in [2.05, 4.69) is 43.0 Å². The SMILES string of the molecule is C=CCn1c(SCC(=O)Nc2nc(-c3ccc(Br)cc3)cs2)nnc1C(C)Oc1ccc(Cl)cc1C. The van der Waals surface area contributed by atoms with E-state index in [1.54, 1.807) is 12.1 Å². The summed E-state index contributed by atoms with van der Waals surface area (Å²) in [5.41, 5.74) is 2.73. The molecule has 0 fully saturated rings. The van der Waals surface area contributed by atoms with Crippen LogP contribution in [0.3, 0.4) is 0 Å². The standard InChI is InChI=1S/C25H23BrClN5O2S2/c1-4-11-32-23(16(3)34-21-10-9-19(27)12-15(21)2)30-31-25(32)36-14-22(33)29-24-28-20(13-35-24)17-5-7-18(26)8-6-17/h4-10,12-13,16H,1,11,14H2,2-3H3,(H,28,29,33). The van der Waals surface area contributed by atoms with Crippen LogP contribution in [0.2, 0.25) is 5.02 Å². The van der Waals surface area contributed by atoms with Gasteiger partial charge in [0.15, 0.2) is 22.2 Å². The van der Waals surface area contributed by atoms with Crippen molar-refractivity contribution < 1.29 is 9.53 Å². The van der Waals surface area contributed by atoms with Gasteiger partial charge in [-0.1, -0.05) is 57.5 Å². The molecule has 186 valence electrons. The largest absolute Gasteiger partial charge is 0.482 e. The van der Waals surface area contributed by atoms with E-state index in [1.807, 2.05) is 60.2 Å². The lowest BCUT2D eigenvalue weighted by atomic mass is 10.2. The Morgan fingerprint density at radius 3 is 2.81 bits per heavy atom. The molecule has 2 heterocycles. The van der Waals surface area contributed by atoms with Crippen molar-refractivity contribution in [3.8, 4) is 17.0 Å². The van der Waals surface area contributed by atoms with Crippen LogP contribution in [0.4, 0.5) is 5.13 Å². The zero-order valence-electron chi connectivity index (χ0n) is 19.6. The van der Waals surface area contributed by atoms with E-state index in [9.17, 15) is 4.79 Å². The number of allylic oxidation sites excluding steroid dienone is 1. The Morgan fingerprint density at radius 2 is 2.08 bits per heavy atom. The van der Waals surface area contributed by atoms with Crippen molar-refractivity contribution >= 4 is 61.7 Å². The number of aromatic nitrogens is 4. The van der Waals surface area contributed by atoms with Crippen LogP contribution < -0.4 is 10.1 Å². The summed E-state index contributed by atoms with van der Waals surface area (Å²) in [4.78, 5) is 17.1. The second-order valence-corrected chi connectivity index (χ2v) is 10.9. The molecule has 4 rings (SSSR count). The van der Waals surface area contributed by atoms with Crippen molar-refractivity contribution in [1.82, 2.24) is 19.7 Å². The summed E-state index contributed by atoms with van der Waals surface area (Å²) in [6, 6.07) is 13.3. The minimum atomic E-state index is -0.368. The zero-order chi connectivity index (χ0) is 25.7. The fourth-order valence-corrected chi connectivity index (χ4v) is 5.35. The number of rotatable bonds is 10. The van der Waals surface area contributed by atoms with Crippen molar-refractivity contribution in [3.05, 3.63) is 81.4 Å². The number of benzene rings is 2. The fraction of sp³-hybridized carbons (Fsp3) is 0.200. The molecule has 2 aromatic heterocycles. The molecular formula is C25H23BrClN5O2S2. The summed E-state index contributed by atoms with van der Waals surface area (Å²) in [6.45, 7) is 8.17.